The molecule has 0 radical (unpaired) electrons. The number of nitrogens with zero attached hydrogens (tertiary/aromatic N) is 4. The number of allylic oxidation sites excluding steroid dienone is 4. The molecule has 1 N–H and O–H groups in total. The van der Waals surface area contributed by atoms with Gasteiger partial charge in [0, 0.05) is 18.5 Å². The zero-order valence-electron chi connectivity index (χ0n) is 18.2. The van der Waals surface area contributed by atoms with Crippen molar-refractivity contribution in [2.24, 2.45) is 5.92 Å². The number of hydrogen-bond donors (Lipinski definition) is 1. The number of aromatic nitrogens is 3. The van der Waals surface area contributed by atoms with Crippen LogP contribution >= 0.6 is 11.3 Å². The molecule has 1 amide bonds. The molecule has 5 rings (SSSR count). The summed E-state index contributed by atoms with van der Waals surface area (Å²) >= 11 is 1.08. The first kappa shape index (κ1) is 21.9. The normalized spacial score (nSPS) is 28.9. The number of carbonyl (C=O) groups is 1. The Kier molecular flexibility index (Phi) is 5.02. The van der Waals surface area contributed by atoms with Gasteiger partial charge in [-0.3, -0.25) is 9.59 Å². The van der Waals surface area contributed by atoms with Gasteiger partial charge in [-0.05, 0) is 25.5 Å². The van der Waals surface area contributed by atoms with Gasteiger partial charge in [-0.2, -0.15) is 0 Å². The number of fused-ring (bicyclic) bond motifs is 2. The van der Waals surface area contributed by atoms with Crippen molar-refractivity contribution in [3.8, 4) is 16.3 Å². The van der Waals surface area contributed by atoms with Crippen LogP contribution in [0.4, 0.5) is 8.78 Å². The molecule has 8 nitrogen and oxygen atoms in total. The maximum Gasteiger partial charge on any atom is 0.277 e. The van der Waals surface area contributed by atoms with Gasteiger partial charge in [-0.15, -0.1) is 10.2 Å². The zero-order valence-corrected chi connectivity index (χ0v) is 19.0. The van der Waals surface area contributed by atoms with Crippen molar-refractivity contribution in [3.63, 3.8) is 0 Å². The third-order valence-electron chi connectivity index (χ3n) is 6.43. The highest BCUT2D eigenvalue weighted by Crippen LogP contribution is 2.38. The van der Waals surface area contributed by atoms with Gasteiger partial charge in [0.25, 0.3) is 5.91 Å². The molecule has 11 heteroatoms. The highest BCUT2D eigenvalue weighted by Gasteiger charge is 2.50. The average Bonchev–Trinajstić information content (AvgIpc) is 3.35. The number of rotatable bonds is 3. The van der Waals surface area contributed by atoms with Crippen LogP contribution in [-0.2, 0) is 17.7 Å². The van der Waals surface area contributed by atoms with Crippen LogP contribution < -0.4 is 5.43 Å². The van der Waals surface area contributed by atoms with Crippen molar-refractivity contribution >= 4 is 17.2 Å². The molecule has 0 aromatic carbocycles. The second-order valence-electron chi connectivity index (χ2n) is 8.85. The molecule has 1 saturated heterocycles. The Morgan fingerprint density at radius 3 is 2.85 bits per heavy atom. The van der Waals surface area contributed by atoms with E-state index >= 15 is 0 Å². The lowest BCUT2D eigenvalue weighted by Gasteiger charge is -2.41. The Morgan fingerprint density at radius 2 is 2.09 bits per heavy atom. The largest absolute Gasteiger partial charge is 0.503 e. The molecular weight excluding hydrogens is 454 g/mol. The number of aromatic hydroxyl groups is 1. The van der Waals surface area contributed by atoms with E-state index in [2.05, 4.69) is 10.2 Å². The number of amides is 1. The van der Waals surface area contributed by atoms with E-state index < -0.39 is 40.7 Å². The van der Waals surface area contributed by atoms with Crippen molar-refractivity contribution in [3.05, 3.63) is 50.7 Å². The van der Waals surface area contributed by atoms with Crippen LogP contribution in [-0.4, -0.2) is 55.2 Å². The molecule has 3 aliphatic rings. The van der Waals surface area contributed by atoms with Crippen LogP contribution in [0.25, 0.3) is 10.6 Å². The third-order valence-corrected chi connectivity index (χ3v) is 7.39. The van der Waals surface area contributed by atoms with Crippen LogP contribution in [0.3, 0.4) is 0 Å². The second kappa shape index (κ2) is 7.56. The van der Waals surface area contributed by atoms with Gasteiger partial charge in [0.05, 0.1) is 24.8 Å². The fourth-order valence-corrected chi connectivity index (χ4v) is 5.52. The highest BCUT2D eigenvalue weighted by atomic mass is 32.1. The molecular formula is C22H22F2N4O4S. The van der Waals surface area contributed by atoms with Crippen LogP contribution in [0.2, 0.25) is 0 Å². The van der Waals surface area contributed by atoms with Crippen LogP contribution in [0.1, 0.15) is 36.3 Å². The third kappa shape index (κ3) is 3.33. The first-order valence-electron chi connectivity index (χ1n) is 10.6. The van der Waals surface area contributed by atoms with Crippen molar-refractivity contribution in [1.29, 1.82) is 0 Å². The Balaban J connectivity index is 1.50. The van der Waals surface area contributed by atoms with Gasteiger partial charge in [-0.1, -0.05) is 24.3 Å². The highest BCUT2D eigenvalue weighted by molar-refractivity contribution is 7.14. The predicted octanol–water partition coefficient (Wildman–Crippen LogP) is 2.97. The van der Waals surface area contributed by atoms with Crippen molar-refractivity contribution in [2.45, 2.75) is 51.7 Å². The Hall–Kier alpha value is -2.92. The lowest BCUT2D eigenvalue weighted by molar-refractivity contribution is -0.0751. The summed E-state index contributed by atoms with van der Waals surface area (Å²) in [7, 11) is 0. The average molecular weight is 477 g/mol. The molecule has 3 unspecified atom stereocenters. The van der Waals surface area contributed by atoms with Gasteiger partial charge in [-0.25, -0.2) is 8.78 Å². The molecule has 2 aromatic heterocycles. The first-order valence-corrected chi connectivity index (χ1v) is 11.4. The number of alkyl halides is 1. The number of pyridine rings is 1. The van der Waals surface area contributed by atoms with Gasteiger partial charge >= 0.3 is 0 Å². The van der Waals surface area contributed by atoms with E-state index in [1.165, 1.54) is 29.8 Å². The van der Waals surface area contributed by atoms with Crippen LogP contribution in [0, 0.1) is 5.92 Å². The summed E-state index contributed by atoms with van der Waals surface area (Å²) < 4.78 is 35.4. The molecule has 2 aromatic rings. The lowest BCUT2D eigenvalue weighted by Crippen LogP contribution is -2.56. The molecule has 4 atom stereocenters. The smallest absolute Gasteiger partial charge is 0.277 e. The van der Waals surface area contributed by atoms with Gasteiger partial charge < -0.3 is 19.3 Å². The summed E-state index contributed by atoms with van der Waals surface area (Å²) in [6, 6.07) is -0.185. The molecule has 174 valence electrons. The fourth-order valence-electron chi connectivity index (χ4n) is 4.66. The van der Waals surface area contributed by atoms with E-state index in [1.54, 1.807) is 11.8 Å². The van der Waals surface area contributed by atoms with E-state index in [0.717, 1.165) is 11.3 Å². The van der Waals surface area contributed by atoms with E-state index in [9.17, 15) is 23.5 Å². The van der Waals surface area contributed by atoms with E-state index in [1.807, 2.05) is 6.92 Å². The maximum atomic E-state index is 14.4. The Morgan fingerprint density at radius 1 is 1.33 bits per heavy atom. The SMILES string of the molecule is CC1C(F)=C(Cc2nnc(-c3cn4c(c(O)c3=O)C(=O)N3[C@@H](C)COC3(C)C4)s2)C=CC1F. The Labute approximate surface area is 191 Å². The fraction of sp³-hybridized carbons (Fsp3) is 0.455. The minimum atomic E-state index is -1.37. The van der Waals surface area contributed by atoms with Crippen molar-refractivity contribution in [1.82, 2.24) is 19.7 Å². The molecule has 1 aliphatic carbocycles. The summed E-state index contributed by atoms with van der Waals surface area (Å²) in [4.78, 5) is 27.5. The Bertz CT molecular complexity index is 1290. The number of ether oxygens (including phenoxy) is 1. The van der Waals surface area contributed by atoms with Gasteiger partial charge in [0.2, 0.25) is 5.43 Å². The topological polar surface area (TPSA) is 97.5 Å². The van der Waals surface area contributed by atoms with Crippen LogP contribution in [0.5, 0.6) is 5.75 Å². The number of carbonyl (C=O) groups excluding carboxylic acids is 1. The van der Waals surface area contributed by atoms with Crippen molar-refractivity contribution < 1.29 is 23.4 Å². The maximum absolute atomic E-state index is 14.4. The van der Waals surface area contributed by atoms with Crippen LogP contribution in [0.15, 0.2) is 34.5 Å². The summed E-state index contributed by atoms with van der Waals surface area (Å²) in [6.45, 7) is 5.70. The standard InChI is InChI=1S/C22H22F2N4O4S/c1-10-8-32-22(3)9-27-7-13(18(29)19(30)17(27)21(31)28(10)22)20-26-25-15(33-20)6-12-4-5-14(23)11(2)16(12)24/h4-5,7,10-11,14,30H,6,8-9H2,1-3H3/t10-,11?,14?,22?/m0/s1. The predicted molar refractivity (Wildman–Crippen MR) is 116 cm³/mol. The molecule has 2 aliphatic heterocycles. The summed E-state index contributed by atoms with van der Waals surface area (Å²) in [6.07, 6.45) is 2.93. The molecule has 0 bridgehead atoms. The number of halogens is 2. The quantitative estimate of drug-likeness (QED) is 0.732. The van der Waals surface area contributed by atoms with Gasteiger partial charge in [0.15, 0.2) is 22.2 Å². The van der Waals surface area contributed by atoms with Gasteiger partial charge in [0.1, 0.15) is 17.0 Å². The number of hydrogen-bond acceptors (Lipinski definition) is 7. The monoisotopic (exact) mass is 476 g/mol. The summed E-state index contributed by atoms with van der Waals surface area (Å²) in [5.41, 5.74) is -1.31. The minimum absolute atomic E-state index is 0.0849. The van der Waals surface area contributed by atoms with E-state index in [0.29, 0.717) is 17.2 Å². The molecule has 4 heterocycles. The molecule has 0 spiro atoms. The van der Waals surface area contributed by atoms with E-state index in [4.69, 9.17) is 4.74 Å². The molecule has 1 fully saturated rings. The lowest BCUT2D eigenvalue weighted by atomic mass is 9.93. The molecule has 33 heavy (non-hydrogen) atoms. The molecule has 0 saturated carbocycles. The second-order valence-corrected chi connectivity index (χ2v) is 9.91. The van der Waals surface area contributed by atoms with E-state index in [-0.39, 0.29) is 35.3 Å². The summed E-state index contributed by atoms with van der Waals surface area (Å²) in [5.74, 6) is -2.52. The zero-order chi connectivity index (χ0) is 23.7. The van der Waals surface area contributed by atoms with Crippen molar-refractivity contribution in [2.75, 3.05) is 6.61 Å². The first-order chi connectivity index (χ1) is 15.6. The summed E-state index contributed by atoms with van der Waals surface area (Å²) in [5, 5.41) is 19.4. The minimum Gasteiger partial charge on any atom is -0.503 e.